The highest BCUT2D eigenvalue weighted by Gasteiger charge is 2.25. The summed E-state index contributed by atoms with van der Waals surface area (Å²) in [7, 11) is 0. The summed E-state index contributed by atoms with van der Waals surface area (Å²) in [5.74, 6) is 0.354. The van der Waals surface area contributed by atoms with Gasteiger partial charge in [0.15, 0.2) is 0 Å². The van der Waals surface area contributed by atoms with Crippen LogP contribution in [-0.4, -0.2) is 18.5 Å². The van der Waals surface area contributed by atoms with E-state index in [2.05, 4.69) is 29.7 Å². The Kier molecular flexibility index (Phi) is 6.32. The van der Waals surface area contributed by atoms with Crippen molar-refractivity contribution in [1.29, 1.82) is 0 Å². The molecule has 1 aliphatic rings. The van der Waals surface area contributed by atoms with Crippen molar-refractivity contribution in [3.8, 4) is 0 Å². The molecule has 0 aromatic heterocycles. The van der Waals surface area contributed by atoms with Gasteiger partial charge < -0.3 is 10.6 Å². The quantitative estimate of drug-likeness (QED) is 0.895. The molecule has 0 aliphatic carbocycles. The topological polar surface area (TPSA) is 41.1 Å². The van der Waals surface area contributed by atoms with E-state index < -0.39 is 0 Å². The van der Waals surface area contributed by atoms with Crippen molar-refractivity contribution in [2.75, 3.05) is 6.54 Å². The second-order valence-electron chi connectivity index (χ2n) is 5.22. The van der Waals surface area contributed by atoms with Crippen LogP contribution in [0.3, 0.4) is 0 Å². The van der Waals surface area contributed by atoms with Crippen LogP contribution in [0.15, 0.2) is 30.3 Å². The van der Waals surface area contributed by atoms with Crippen molar-refractivity contribution in [2.45, 2.75) is 38.8 Å². The van der Waals surface area contributed by atoms with E-state index in [-0.39, 0.29) is 30.3 Å². The van der Waals surface area contributed by atoms with Crippen LogP contribution in [0, 0.1) is 5.92 Å². The molecule has 0 saturated carbocycles. The minimum atomic E-state index is 0. The summed E-state index contributed by atoms with van der Waals surface area (Å²) in [6.07, 6.45) is 1.88. The summed E-state index contributed by atoms with van der Waals surface area (Å²) < 4.78 is 0. The van der Waals surface area contributed by atoms with Gasteiger partial charge in [0, 0.05) is 12.0 Å². The summed E-state index contributed by atoms with van der Waals surface area (Å²) in [6.45, 7) is 5.12. The van der Waals surface area contributed by atoms with Crippen molar-refractivity contribution in [2.24, 2.45) is 5.92 Å². The number of carbonyl (C=O) groups is 1. The third kappa shape index (κ3) is 4.51. The minimum Gasteiger partial charge on any atom is -0.349 e. The van der Waals surface area contributed by atoms with Crippen LogP contribution in [0.2, 0.25) is 0 Å². The third-order valence-electron chi connectivity index (χ3n) is 3.65. The summed E-state index contributed by atoms with van der Waals surface area (Å²) >= 11 is 0. The first-order valence-corrected chi connectivity index (χ1v) is 6.75. The van der Waals surface area contributed by atoms with Crippen molar-refractivity contribution in [1.82, 2.24) is 10.6 Å². The van der Waals surface area contributed by atoms with E-state index in [1.807, 2.05) is 25.1 Å². The van der Waals surface area contributed by atoms with Gasteiger partial charge in [0.25, 0.3) is 0 Å². The fourth-order valence-electron chi connectivity index (χ4n) is 2.53. The van der Waals surface area contributed by atoms with E-state index in [0.29, 0.717) is 6.04 Å². The van der Waals surface area contributed by atoms with Crippen molar-refractivity contribution >= 4 is 18.3 Å². The maximum absolute atomic E-state index is 12.2. The first-order chi connectivity index (χ1) is 8.66. The molecule has 0 spiro atoms. The Balaban J connectivity index is 0.00000180. The Morgan fingerprint density at radius 1 is 1.37 bits per heavy atom. The van der Waals surface area contributed by atoms with E-state index in [1.165, 1.54) is 0 Å². The predicted octanol–water partition coefficient (Wildman–Crippen LogP) is 2.67. The van der Waals surface area contributed by atoms with Crippen molar-refractivity contribution in [3.63, 3.8) is 0 Å². The number of hydrogen-bond acceptors (Lipinski definition) is 2. The Morgan fingerprint density at radius 2 is 2.05 bits per heavy atom. The van der Waals surface area contributed by atoms with Crippen LogP contribution < -0.4 is 10.6 Å². The predicted molar refractivity (Wildman–Crippen MR) is 80.4 cm³/mol. The number of amides is 1. The zero-order chi connectivity index (χ0) is 13.0. The third-order valence-corrected chi connectivity index (χ3v) is 3.65. The second-order valence-corrected chi connectivity index (χ2v) is 5.22. The lowest BCUT2D eigenvalue weighted by Crippen LogP contribution is -2.42. The monoisotopic (exact) mass is 282 g/mol. The maximum Gasteiger partial charge on any atom is 0.223 e. The van der Waals surface area contributed by atoms with Gasteiger partial charge in [-0.1, -0.05) is 30.3 Å². The van der Waals surface area contributed by atoms with E-state index in [1.54, 1.807) is 0 Å². The number of nitrogens with one attached hydrogen (secondary N) is 2. The highest BCUT2D eigenvalue weighted by molar-refractivity contribution is 5.85. The highest BCUT2D eigenvalue weighted by atomic mass is 35.5. The molecular weight excluding hydrogens is 260 g/mol. The molecule has 2 rings (SSSR count). The largest absolute Gasteiger partial charge is 0.349 e. The standard InChI is InChI=1S/C15H22N2O.ClH/c1-11-10-14(8-9-16-11)15(18)17-12(2)13-6-4-3-5-7-13;/h3-7,11-12,14,16H,8-10H2,1-2H3,(H,17,18);1H/t11-,12?,14-;/m0./s1. The lowest BCUT2D eigenvalue weighted by atomic mass is 9.92. The molecule has 1 fully saturated rings. The summed E-state index contributed by atoms with van der Waals surface area (Å²) in [5.41, 5.74) is 1.16. The Morgan fingerprint density at radius 3 is 2.68 bits per heavy atom. The molecule has 1 amide bonds. The van der Waals surface area contributed by atoms with E-state index in [0.717, 1.165) is 24.9 Å². The van der Waals surface area contributed by atoms with Gasteiger partial charge in [0.05, 0.1) is 6.04 Å². The Bertz CT molecular complexity index is 396. The average molecular weight is 283 g/mol. The molecule has 1 saturated heterocycles. The van der Waals surface area contributed by atoms with Crippen LogP contribution in [0.4, 0.5) is 0 Å². The number of hydrogen-bond donors (Lipinski definition) is 2. The molecule has 106 valence electrons. The summed E-state index contributed by atoms with van der Waals surface area (Å²) in [4.78, 5) is 12.2. The van der Waals surface area contributed by atoms with Gasteiger partial charge in [-0.05, 0) is 38.8 Å². The number of halogens is 1. The van der Waals surface area contributed by atoms with E-state index in [4.69, 9.17) is 0 Å². The fraction of sp³-hybridized carbons (Fsp3) is 0.533. The molecular formula is C15H23ClN2O. The molecule has 4 heteroatoms. The lowest BCUT2D eigenvalue weighted by Gasteiger charge is -2.28. The molecule has 1 aromatic rings. The normalized spacial score (nSPS) is 24.1. The highest BCUT2D eigenvalue weighted by Crippen LogP contribution is 2.18. The van der Waals surface area contributed by atoms with Crippen LogP contribution in [0.25, 0.3) is 0 Å². The van der Waals surface area contributed by atoms with E-state index >= 15 is 0 Å². The molecule has 3 atom stereocenters. The van der Waals surface area contributed by atoms with E-state index in [9.17, 15) is 4.79 Å². The van der Waals surface area contributed by atoms with Crippen molar-refractivity contribution in [3.05, 3.63) is 35.9 Å². The van der Waals surface area contributed by atoms with Crippen LogP contribution in [0.1, 0.15) is 38.3 Å². The maximum atomic E-state index is 12.2. The smallest absolute Gasteiger partial charge is 0.223 e. The molecule has 1 aromatic carbocycles. The van der Waals surface area contributed by atoms with Gasteiger partial charge in [-0.25, -0.2) is 0 Å². The number of benzene rings is 1. The second kappa shape index (κ2) is 7.51. The molecule has 1 heterocycles. The number of rotatable bonds is 3. The first kappa shape index (κ1) is 16.0. The van der Waals surface area contributed by atoms with Gasteiger partial charge in [0.1, 0.15) is 0 Å². The minimum absolute atomic E-state index is 0. The Labute approximate surface area is 121 Å². The summed E-state index contributed by atoms with van der Waals surface area (Å²) in [6, 6.07) is 10.6. The van der Waals surface area contributed by atoms with Gasteiger partial charge in [0.2, 0.25) is 5.91 Å². The molecule has 0 bridgehead atoms. The molecule has 3 nitrogen and oxygen atoms in total. The van der Waals surface area contributed by atoms with Gasteiger partial charge in [-0.15, -0.1) is 12.4 Å². The zero-order valence-corrected chi connectivity index (χ0v) is 12.4. The molecule has 2 N–H and O–H groups in total. The van der Waals surface area contributed by atoms with Gasteiger partial charge >= 0.3 is 0 Å². The molecule has 19 heavy (non-hydrogen) atoms. The van der Waals surface area contributed by atoms with Gasteiger partial charge in [-0.3, -0.25) is 4.79 Å². The molecule has 0 radical (unpaired) electrons. The molecule has 1 aliphatic heterocycles. The SMILES string of the molecule is CC(NC(=O)[C@H]1CCN[C@@H](C)C1)c1ccccc1.Cl. The number of piperidine rings is 1. The van der Waals surface area contributed by atoms with Gasteiger partial charge in [-0.2, -0.15) is 0 Å². The van der Waals surface area contributed by atoms with Crippen LogP contribution in [0.5, 0.6) is 0 Å². The first-order valence-electron chi connectivity index (χ1n) is 6.75. The summed E-state index contributed by atoms with van der Waals surface area (Å²) in [5, 5.41) is 6.49. The Hall–Kier alpha value is -1.06. The zero-order valence-electron chi connectivity index (χ0n) is 11.6. The van der Waals surface area contributed by atoms with Crippen LogP contribution in [-0.2, 0) is 4.79 Å². The molecule has 1 unspecified atom stereocenters. The lowest BCUT2D eigenvalue weighted by molar-refractivity contribution is -0.126. The van der Waals surface area contributed by atoms with Crippen LogP contribution >= 0.6 is 12.4 Å². The number of carbonyl (C=O) groups excluding carboxylic acids is 1. The average Bonchev–Trinajstić information content (AvgIpc) is 2.39. The van der Waals surface area contributed by atoms with Crippen molar-refractivity contribution < 1.29 is 4.79 Å². The fourth-order valence-corrected chi connectivity index (χ4v) is 2.53.